The lowest BCUT2D eigenvalue weighted by atomic mass is 10.1. The van der Waals surface area contributed by atoms with Crippen molar-refractivity contribution in [2.45, 2.75) is 20.4 Å². The Morgan fingerprint density at radius 2 is 1.90 bits per heavy atom. The van der Waals surface area contributed by atoms with E-state index in [0.717, 1.165) is 55.3 Å². The highest BCUT2D eigenvalue weighted by atomic mass is 16.5. The van der Waals surface area contributed by atoms with E-state index < -0.39 is 5.97 Å². The molecule has 21 heavy (non-hydrogen) atoms. The number of hydrogen-bond donors (Lipinski definition) is 1. The number of carboxylic acids is 1. The molecule has 0 bridgehead atoms. The molecule has 0 aromatic carbocycles. The lowest BCUT2D eigenvalue weighted by Gasteiger charge is -2.33. The van der Waals surface area contributed by atoms with Gasteiger partial charge in [-0.05, 0) is 13.8 Å². The fourth-order valence-electron chi connectivity index (χ4n) is 2.74. The molecular formula is C15H23N3O3. The van der Waals surface area contributed by atoms with E-state index in [1.165, 1.54) is 0 Å². The molecule has 0 atom stereocenters. The van der Waals surface area contributed by atoms with Gasteiger partial charge >= 0.3 is 5.97 Å². The monoisotopic (exact) mass is 293 g/mol. The normalized spacial score (nSPS) is 16.9. The Morgan fingerprint density at radius 3 is 2.48 bits per heavy atom. The molecule has 0 spiro atoms. The topological polar surface area (TPSA) is 65.9 Å². The van der Waals surface area contributed by atoms with Crippen molar-refractivity contribution < 1.29 is 14.6 Å². The predicted molar refractivity (Wildman–Crippen MR) is 79.6 cm³/mol. The van der Waals surface area contributed by atoms with E-state index in [1.807, 2.05) is 24.9 Å². The Balaban J connectivity index is 1.96. The highest BCUT2D eigenvalue weighted by Gasteiger charge is 2.20. The molecule has 2 rings (SSSR count). The Labute approximate surface area is 125 Å². The number of carboxylic acid groups (broad SMARTS) is 1. The van der Waals surface area contributed by atoms with E-state index in [1.54, 1.807) is 7.11 Å². The van der Waals surface area contributed by atoms with Gasteiger partial charge in [-0.2, -0.15) is 0 Å². The largest absolute Gasteiger partial charge is 0.496 e. The van der Waals surface area contributed by atoms with Gasteiger partial charge in [0.05, 0.1) is 19.3 Å². The van der Waals surface area contributed by atoms with Crippen molar-refractivity contribution in [3.63, 3.8) is 0 Å². The molecule has 0 radical (unpaired) electrons. The third-order valence-electron chi connectivity index (χ3n) is 3.95. The van der Waals surface area contributed by atoms with Crippen molar-refractivity contribution in [3.05, 3.63) is 23.0 Å². The van der Waals surface area contributed by atoms with Crippen LogP contribution in [0.15, 0.2) is 6.20 Å². The molecule has 2 heterocycles. The van der Waals surface area contributed by atoms with Crippen LogP contribution >= 0.6 is 0 Å². The number of aromatic nitrogens is 1. The van der Waals surface area contributed by atoms with Crippen LogP contribution in [0.3, 0.4) is 0 Å². The predicted octanol–water partition coefficient (Wildman–Crippen LogP) is 0.909. The second-order valence-corrected chi connectivity index (χ2v) is 5.49. The summed E-state index contributed by atoms with van der Waals surface area (Å²) in [7, 11) is 1.68. The average molecular weight is 293 g/mol. The first-order valence-electron chi connectivity index (χ1n) is 7.17. The number of methoxy groups -OCH3 is 1. The zero-order chi connectivity index (χ0) is 15.4. The van der Waals surface area contributed by atoms with Gasteiger partial charge in [-0.15, -0.1) is 0 Å². The highest BCUT2D eigenvalue weighted by molar-refractivity contribution is 5.69. The Hall–Kier alpha value is -1.66. The van der Waals surface area contributed by atoms with E-state index in [0.29, 0.717) is 0 Å². The van der Waals surface area contributed by atoms with Gasteiger partial charge in [-0.3, -0.25) is 19.6 Å². The van der Waals surface area contributed by atoms with E-state index in [9.17, 15) is 4.79 Å². The molecule has 116 valence electrons. The number of piperazine rings is 1. The summed E-state index contributed by atoms with van der Waals surface area (Å²) in [5, 5.41) is 8.81. The molecule has 1 aromatic rings. The molecule has 0 unspecified atom stereocenters. The van der Waals surface area contributed by atoms with Gasteiger partial charge in [-0.25, -0.2) is 0 Å². The lowest BCUT2D eigenvalue weighted by molar-refractivity contribution is -0.138. The van der Waals surface area contributed by atoms with Gasteiger partial charge in [0, 0.05) is 50.0 Å². The molecule has 0 saturated carbocycles. The molecule has 1 saturated heterocycles. The molecule has 6 nitrogen and oxygen atoms in total. The zero-order valence-electron chi connectivity index (χ0n) is 12.9. The lowest BCUT2D eigenvalue weighted by Crippen LogP contribution is -2.47. The van der Waals surface area contributed by atoms with Crippen LogP contribution in [0.2, 0.25) is 0 Å². The van der Waals surface area contributed by atoms with Crippen LogP contribution in [0.5, 0.6) is 5.75 Å². The second kappa shape index (κ2) is 6.87. The van der Waals surface area contributed by atoms with Crippen LogP contribution in [-0.4, -0.2) is 65.7 Å². The summed E-state index contributed by atoms with van der Waals surface area (Å²) in [6.07, 6.45) is 1.85. The van der Waals surface area contributed by atoms with Crippen LogP contribution in [0.25, 0.3) is 0 Å². The van der Waals surface area contributed by atoms with Crippen LogP contribution in [0.1, 0.15) is 16.8 Å². The SMILES string of the molecule is COc1c(C)cnc(CN2CCN(CC(=O)O)CC2)c1C. The highest BCUT2D eigenvalue weighted by Crippen LogP contribution is 2.24. The van der Waals surface area contributed by atoms with Crippen molar-refractivity contribution in [2.24, 2.45) is 0 Å². The van der Waals surface area contributed by atoms with Gasteiger partial charge in [-0.1, -0.05) is 0 Å². The number of pyridine rings is 1. The molecule has 0 aliphatic carbocycles. The minimum atomic E-state index is -0.760. The van der Waals surface area contributed by atoms with Crippen molar-refractivity contribution in [3.8, 4) is 5.75 Å². The van der Waals surface area contributed by atoms with Crippen LogP contribution in [0.4, 0.5) is 0 Å². The third-order valence-corrected chi connectivity index (χ3v) is 3.95. The Morgan fingerprint density at radius 1 is 1.29 bits per heavy atom. The van der Waals surface area contributed by atoms with Crippen molar-refractivity contribution in [1.82, 2.24) is 14.8 Å². The summed E-state index contributed by atoms with van der Waals surface area (Å²) in [6.45, 7) is 8.24. The summed E-state index contributed by atoms with van der Waals surface area (Å²) in [5.41, 5.74) is 3.17. The van der Waals surface area contributed by atoms with E-state index in [4.69, 9.17) is 9.84 Å². The quantitative estimate of drug-likeness (QED) is 0.870. The molecule has 1 fully saturated rings. The number of aryl methyl sites for hydroxylation is 1. The smallest absolute Gasteiger partial charge is 0.317 e. The second-order valence-electron chi connectivity index (χ2n) is 5.49. The maximum Gasteiger partial charge on any atom is 0.317 e. The summed E-state index contributed by atoms with van der Waals surface area (Å²) in [4.78, 5) is 19.5. The Kier molecular flexibility index (Phi) is 5.14. The van der Waals surface area contributed by atoms with Gasteiger partial charge in [0.1, 0.15) is 5.75 Å². The number of hydrogen-bond acceptors (Lipinski definition) is 5. The van der Waals surface area contributed by atoms with Crippen molar-refractivity contribution in [1.29, 1.82) is 0 Å². The number of nitrogens with zero attached hydrogens (tertiary/aromatic N) is 3. The number of aliphatic carboxylic acids is 1. The maximum absolute atomic E-state index is 10.7. The first kappa shape index (κ1) is 15.7. The zero-order valence-corrected chi connectivity index (χ0v) is 12.9. The fraction of sp³-hybridized carbons (Fsp3) is 0.600. The molecule has 0 amide bonds. The molecule has 6 heteroatoms. The summed E-state index contributed by atoms with van der Waals surface area (Å²) in [5.74, 6) is 0.147. The van der Waals surface area contributed by atoms with Gasteiger partial charge in [0.15, 0.2) is 0 Å². The third kappa shape index (κ3) is 3.92. The van der Waals surface area contributed by atoms with Crippen molar-refractivity contribution >= 4 is 5.97 Å². The summed E-state index contributed by atoms with van der Waals surface area (Å²) < 4.78 is 5.43. The standard InChI is InChI=1S/C15H23N3O3/c1-11-8-16-13(12(2)15(11)21-3)9-17-4-6-18(7-5-17)10-14(19)20/h8H,4-7,9-10H2,1-3H3,(H,19,20). The molecule has 1 aliphatic heterocycles. The average Bonchev–Trinajstić information content (AvgIpc) is 2.44. The minimum absolute atomic E-state index is 0.128. The molecule has 1 aliphatic rings. The van der Waals surface area contributed by atoms with E-state index in [2.05, 4.69) is 9.88 Å². The van der Waals surface area contributed by atoms with Crippen LogP contribution in [0, 0.1) is 13.8 Å². The van der Waals surface area contributed by atoms with Gasteiger partial charge < -0.3 is 9.84 Å². The molecular weight excluding hydrogens is 270 g/mol. The maximum atomic E-state index is 10.7. The number of carbonyl (C=O) groups is 1. The summed E-state index contributed by atoms with van der Waals surface area (Å²) in [6, 6.07) is 0. The van der Waals surface area contributed by atoms with Crippen molar-refractivity contribution in [2.75, 3.05) is 39.8 Å². The number of ether oxygens (including phenoxy) is 1. The molecule has 1 N–H and O–H groups in total. The van der Waals surface area contributed by atoms with E-state index in [-0.39, 0.29) is 6.54 Å². The van der Waals surface area contributed by atoms with E-state index >= 15 is 0 Å². The van der Waals surface area contributed by atoms with Crippen LogP contribution in [-0.2, 0) is 11.3 Å². The minimum Gasteiger partial charge on any atom is -0.496 e. The van der Waals surface area contributed by atoms with Gasteiger partial charge in [0.25, 0.3) is 0 Å². The fourth-order valence-corrected chi connectivity index (χ4v) is 2.74. The number of rotatable bonds is 5. The first-order chi connectivity index (χ1) is 10.0. The molecule has 1 aromatic heterocycles. The van der Waals surface area contributed by atoms with Crippen LogP contribution < -0.4 is 4.74 Å². The Bertz CT molecular complexity index is 511. The van der Waals surface area contributed by atoms with Gasteiger partial charge in [0.2, 0.25) is 0 Å². The first-order valence-corrected chi connectivity index (χ1v) is 7.17. The summed E-state index contributed by atoms with van der Waals surface area (Å²) >= 11 is 0.